The Balaban J connectivity index is 2.40. The Morgan fingerprint density at radius 1 is 1.57 bits per heavy atom. The summed E-state index contributed by atoms with van der Waals surface area (Å²) in [6.07, 6.45) is 3.14. The second kappa shape index (κ2) is 4.75. The van der Waals surface area contributed by atoms with E-state index in [-0.39, 0.29) is 18.6 Å². The summed E-state index contributed by atoms with van der Waals surface area (Å²) >= 11 is 0. The Bertz CT molecular complexity index is 198. The van der Waals surface area contributed by atoms with E-state index < -0.39 is 5.54 Å². The fourth-order valence-corrected chi connectivity index (χ4v) is 1.54. The van der Waals surface area contributed by atoms with Crippen molar-refractivity contribution in [3.63, 3.8) is 0 Å². The van der Waals surface area contributed by atoms with Gasteiger partial charge >= 0.3 is 0 Å². The third-order valence-electron chi connectivity index (χ3n) is 2.48. The van der Waals surface area contributed by atoms with E-state index in [2.05, 4.69) is 10.6 Å². The van der Waals surface area contributed by atoms with E-state index in [1.54, 1.807) is 0 Å². The maximum atomic E-state index is 11.7. The summed E-state index contributed by atoms with van der Waals surface area (Å²) in [5.74, 6) is 0.00347. The van der Waals surface area contributed by atoms with Crippen LogP contribution in [0.15, 0.2) is 0 Å². The van der Waals surface area contributed by atoms with Crippen LogP contribution in [0.25, 0.3) is 0 Å². The summed E-state index contributed by atoms with van der Waals surface area (Å²) in [5.41, 5.74) is -0.518. The zero-order valence-electron chi connectivity index (χ0n) is 8.97. The van der Waals surface area contributed by atoms with Crippen LogP contribution in [0, 0.1) is 0 Å². The number of hydrogen-bond donors (Lipinski definition) is 3. The summed E-state index contributed by atoms with van der Waals surface area (Å²) in [7, 11) is 0. The molecule has 1 rings (SSSR count). The third kappa shape index (κ3) is 3.27. The molecule has 0 bridgehead atoms. The summed E-state index contributed by atoms with van der Waals surface area (Å²) < 4.78 is 0. The molecule has 3 N–H and O–H groups in total. The normalized spacial score (nSPS) is 23.2. The highest BCUT2D eigenvalue weighted by Crippen LogP contribution is 2.08. The van der Waals surface area contributed by atoms with E-state index >= 15 is 0 Å². The van der Waals surface area contributed by atoms with Gasteiger partial charge in [0.05, 0.1) is 18.2 Å². The molecule has 1 heterocycles. The average Bonchev–Trinajstić information content (AvgIpc) is 2.19. The van der Waals surface area contributed by atoms with Crippen molar-refractivity contribution in [3.8, 4) is 0 Å². The average molecular weight is 200 g/mol. The number of amides is 1. The van der Waals surface area contributed by atoms with E-state index in [0.29, 0.717) is 0 Å². The van der Waals surface area contributed by atoms with E-state index in [1.807, 2.05) is 13.8 Å². The molecule has 0 aliphatic carbocycles. The van der Waals surface area contributed by atoms with Crippen molar-refractivity contribution in [1.29, 1.82) is 0 Å². The molecule has 0 saturated carbocycles. The lowest BCUT2D eigenvalue weighted by Gasteiger charge is -2.29. The van der Waals surface area contributed by atoms with Crippen molar-refractivity contribution in [2.75, 3.05) is 13.2 Å². The maximum absolute atomic E-state index is 11.7. The molecule has 4 nitrogen and oxygen atoms in total. The van der Waals surface area contributed by atoms with Gasteiger partial charge in [-0.1, -0.05) is 6.42 Å². The number of carbonyl (C=O) groups is 1. The SMILES string of the molecule is CC(C)(CO)NC(=O)[C@@H]1CCCCN1. The molecule has 1 amide bonds. The van der Waals surface area contributed by atoms with E-state index in [0.717, 1.165) is 25.8 Å². The summed E-state index contributed by atoms with van der Waals surface area (Å²) in [4.78, 5) is 11.7. The van der Waals surface area contributed by atoms with Crippen LogP contribution in [0.1, 0.15) is 33.1 Å². The Hall–Kier alpha value is -0.610. The minimum absolute atomic E-state index is 0.00347. The number of aliphatic hydroxyl groups excluding tert-OH is 1. The van der Waals surface area contributed by atoms with E-state index in [1.165, 1.54) is 0 Å². The second-order valence-corrected chi connectivity index (χ2v) is 4.53. The number of aliphatic hydroxyl groups is 1. The molecule has 0 aromatic rings. The zero-order valence-corrected chi connectivity index (χ0v) is 8.97. The first-order chi connectivity index (χ1) is 6.55. The number of carbonyl (C=O) groups excluding carboxylic acids is 1. The topological polar surface area (TPSA) is 61.4 Å². The molecule has 0 spiro atoms. The van der Waals surface area contributed by atoms with Crippen LogP contribution in [0.3, 0.4) is 0 Å². The van der Waals surface area contributed by atoms with Crippen molar-refractivity contribution < 1.29 is 9.90 Å². The minimum atomic E-state index is -0.518. The fraction of sp³-hybridized carbons (Fsp3) is 0.900. The molecule has 1 fully saturated rings. The molecule has 14 heavy (non-hydrogen) atoms. The van der Waals surface area contributed by atoms with Crippen molar-refractivity contribution in [1.82, 2.24) is 10.6 Å². The standard InChI is InChI=1S/C10H20N2O2/c1-10(2,7-13)12-9(14)8-5-3-4-6-11-8/h8,11,13H,3-7H2,1-2H3,(H,12,14)/t8-/m0/s1. The first-order valence-electron chi connectivity index (χ1n) is 5.21. The summed E-state index contributed by atoms with van der Waals surface area (Å²) in [6, 6.07) is -0.0745. The number of piperidine rings is 1. The van der Waals surface area contributed by atoms with Gasteiger partial charge in [0.25, 0.3) is 0 Å². The Labute approximate surface area is 85.1 Å². The van der Waals surface area contributed by atoms with Gasteiger partial charge in [0.15, 0.2) is 0 Å². The lowest BCUT2D eigenvalue weighted by Crippen LogP contribution is -2.54. The van der Waals surface area contributed by atoms with Crippen LogP contribution >= 0.6 is 0 Å². The van der Waals surface area contributed by atoms with Gasteiger partial charge in [0.1, 0.15) is 0 Å². The van der Waals surface area contributed by atoms with Crippen molar-refractivity contribution >= 4 is 5.91 Å². The highest BCUT2D eigenvalue weighted by molar-refractivity contribution is 5.82. The first-order valence-corrected chi connectivity index (χ1v) is 5.21. The van der Waals surface area contributed by atoms with Gasteiger partial charge in [-0.05, 0) is 33.2 Å². The van der Waals surface area contributed by atoms with Gasteiger partial charge in [-0.3, -0.25) is 4.79 Å². The lowest BCUT2D eigenvalue weighted by atomic mass is 10.0. The smallest absolute Gasteiger partial charge is 0.237 e. The van der Waals surface area contributed by atoms with E-state index in [9.17, 15) is 4.79 Å². The largest absolute Gasteiger partial charge is 0.394 e. The molecule has 1 atom stereocenters. The monoisotopic (exact) mass is 200 g/mol. The van der Waals surface area contributed by atoms with Crippen LogP contribution in [-0.4, -0.2) is 35.7 Å². The number of nitrogens with one attached hydrogen (secondary N) is 2. The third-order valence-corrected chi connectivity index (χ3v) is 2.48. The number of hydrogen-bond acceptors (Lipinski definition) is 3. The lowest BCUT2D eigenvalue weighted by molar-refractivity contribution is -0.125. The van der Waals surface area contributed by atoms with Crippen molar-refractivity contribution in [3.05, 3.63) is 0 Å². The van der Waals surface area contributed by atoms with E-state index in [4.69, 9.17) is 5.11 Å². The van der Waals surface area contributed by atoms with Crippen LogP contribution < -0.4 is 10.6 Å². The van der Waals surface area contributed by atoms with Crippen LogP contribution in [-0.2, 0) is 4.79 Å². The predicted molar refractivity (Wildman–Crippen MR) is 54.9 cm³/mol. The van der Waals surface area contributed by atoms with Crippen LogP contribution in [0.5, 0.6) is 0 Å². The molecule has 0 aromatic carbocycles. The molecule has 1 aliphatic heterocycles. The fourth-order valence-electron chi connectivity index (χ4n) is 1.54. The zero-order chi connectivity index (χ0) is 10.6. The van der Waals surface area contributed by atoms with Crippen LogP contribution in [0.2, 0.25) is 0 Å². The maximum Gasteiger partial charge on any atom is 0.237 e. The molecular formula is C10H20N2O2. The summed E-state index contributed by atoms with van der Waals surface area (Å²) in [5, 5.41) is 15.0. The first kappa shape index (κ1) is 11.5. The summed E-state index contributed by atoms with van der Waals surface area (Å²) in [6.45, 7) is 4.50. The van der Waals surface area contributed by atoms with Crippen molar-refractivity contribution in [2.45, 2.75) is 44.7 Å². The highest BCUT2D eigenvalue weighted by atomic mass is 16.3. The molecule has 0 radical (unpaired) electrons. The predicted octanol–water partition coefficient (Wildman–Crippen LogP) is 0.0156. The van der Waals surface area contributed by atoms with Crippen LogP contribution in [0.4, 0.5) is 0 Å². The van der Waals surface area contributed by atoms with Gasteiger partial charge in [0.2, 0.25) is 5.91 Å². The molecule has 82 valence electrons. The van der Waals surface area contributed by atoms with Crippen molar-refractivity contribution in [2.24, 2.45) is 0 Å². The van der Waals surface area contributed by atoms with Gasteiger partial charge in [-0.25, -0.2) is 0 Å². The Morgan fingerprint density at radius 2 is 2.29 bits per heavy atom. The Morgan fingerprint density at radius 3 is 2.79 bits per heavy atom. The highest BCUT2D eigenvalue weighted by Gasteiger charge is 2.25. The number of rotatable bonds is 3. The van der Waals surface area contributed by atoms with Gasteiger partial charge in [0, 0.05) is 0 Å². The van der Waals surface area contributed by atoms with Gasteiger partial charge in [-0.15, -0.1) is 0 Å². The molecular weight excluding hydrogens is 180 g/mol. The molecule has 0 unspecified atom stereocenters. The Kier molecular flexibility index (Phi) is 3.89. The van der Waals surface area contributed by atoms with Gasteiger partial charge in [-0.2, -0.15) is 0 Å². The molecule has 1 saturated heterocycles. The quantitative estimate of drug-likeness (QED) is 0.601. The van der Waals surface area contributed by atoms with Gasteiger partial charge < -0.3 is 15.7 Å². The second-order valence-electron chi connectivity index (χ2n) is 4.53. The minimum Gasteiger partial charge on any atom is -0.394 e. The molecule has 0 aromatic heterocycles. The molecule has 4 heteroatoms. The molecule has 1 aliphatic rings.